The molecule has 1 saturated heterocycles. The van der Waals surface area contributed by atoms with Crippen LogP contribution in [-0.2, 0) is 6.54 Å². The Hall–Kier alpha value is -1.78. The number of aromatic nitrogens is 1. The number of urea groups is 1. The molecule has 0 aliphatic carbocycles. The van der Waals surface area contributed by atoms with Gasteiger partial charge in [0.25, 0.3) is 0 Å². The van der Waals surface area contributed by atoms with Gasteiger partial charge in [-0.2, -0.15) is 0 Å². The minimum absolute atomic E-state index is 0.0994. The number of rotatable bonds is 8. The average molecular weight is 318 g/mol. The third-order valence-corrected chi connectivity index (χ3v) is 4.31. The van der Waals surface area contributed by atoms with Crippen LogP contribution in [0.2, 0.25) is 0 Å². The molecule has 0 saturated carbocycles. The van der Waals surface area contributed by atoms with Crippen molar-refractivity contribution in [1.82, 2.24) is 15.6 Å². The third-order valence-electron chi connectivity index (χ3n) is 4.31. The van der Waals surface area contributed by atoms with Gasteiger partial charge in [-0.3, -0.25) is 0 Å². The number of carbonyl (C=O) groups excluding carboxylic acids is 1. The molecule has 23 heavy (non-hydrogen) atoms. The maximum atomic E-state index is 11.9. The number of unbranched alkanes of at least 4 members (excludes halogenated alkanes) is 2. The number of nitrogens with one attached hydrogen (secondary N) is 2. The second-order valence-electron chi connectivity index (χ2n) is 6.44. The summed E-state index contributed by atoms with van der Waals surface area (Å²) in [5, 5.41) is 5.89. The van der Waals surface area contributed by atoms with E-state index in [2.05, 4.69) is 34.4 Å². The zero-order chi connectivity index (χ0) is 16.5. The van der Waals surface area contributed by atoms with Crippen LogP contribution in [0.5, 0.6) is 0 Å². The molecule has 1 aromatic heterocycles. The van der Waals surface area contributed by atoms with E-state index in [1.165, 1.54) is 32.1 Å². The molecule has 2 rings (SSSR count). The van der Waals surface area contributed by atoms with Gasteiger partial charge in [-0.05, 0) is 37.8 Å². The second-order valence-corrected chi connectivity index (χ2v) is 6.44. The molecule has 0 spiro atoms. The monoisotopic (exact) mass is 318 g/mol. The molecule has 0 radical (unpaired) electrons. The number of carbonyl (C=O) groups is 1. The van der Waals surface area contributed by atoms with Crippen molar-refractivity contribution in [3.8, 4) is 0 Å². The van der Waals surface area contributed by atoms with Crippen molar-refractivity contribution in [2.24, 2.45) is 0 Å². The summed E-state index contributed by atoms with van der Waals surface area (Å²) in [5.41, 5.74) is 1.03. The van der Waals surface area contributed by atoms with Gasteiger partial charge in [-0.15, -0.1) is 0 Å². The number of anilines is 1. The minimum Gasteiger partial charge on any atom is -0.357 e. The van der Waals surface area contributed by atoms with Crippen LogP contribution in [0, 0.1) is 0 Å². The molecule has 5 nitrogen and oxygen atoms in total. The first-order chi connectivity index (χ1) is 11.2. The van der Waals surface area contributed by atoms with Crippen LogP contribution in [0.4, 0.5) is 10.6 Å². The third kappa shape index (κ3) is 6.08. The highest BCUT2D eigenvalue weighted by atomic mass is 16.2. The Bertz CT molecular complexity index is 468. The largest absolute Gasteiger partial charge is 0.357 e. The van der Waals surface area contributed by atoms with E-state index < -0.39 is 0 Å². The molecule has 0 bridgehead atoms. The lowest BCUT2D eigenvalue weighted by molar-refractivity contribution is 0.236. The summed E-state index contributed by atoms with van der Waals surface area (Å²) < 4.78 is 0. The Morgan fingerprint density at radius 3 is 2.74 bits per heavy atom. The van der Waals surface area contributed by atoms with Crippen molar-refractivity contribution in [3.05, 3.63) is 23.9 Å². The number of hydrogen-bond acceptors (Lipinski definition) is 3. The van der Waals surface area contributed by atoms with Crippen molar-refractivity contribution in [3.63, 3.8) is 0 Å². The summed E-state index contributed by atoms with van der Waals surface area (Å²) in [6.07, 6.45) is 9.00. The number of amides is 2. The Morgan fingerprint density at radius 2 is 2.09 bits per heavy atom. The number of hydrogen-bond donors (Lipinski definition) is 2. The van der Waals surface area contributed by atoms with Gasteiger partial charge in [0, 0.05) is 31.9 Å². The van der Waals surface area contributed by atoms with Crippen molar-refractivity contribution in [2.45, 2.75) is 65.0 Å². The van der Waals surface area contributed by atoms with Crippen LogP contribution >= 0.6 is 0 Å². The van der Waals surface area contributed by atoms with E-state index in [4.69, 9.17) is 0 Å². The Balaban J connectivity index is 1.69. The summed E-state index contributed by atoms with van der Waals surface area (Å²) >= 11 is 0. The van der Waals surface area contributed by atoms with Crippen LogP contribution in [0.3, 0.4) is 0 Å². The van der Waals surface area contributed by atoms with Gasteiger partial charge in [0.05, 0.1) is 0 Å². The first-order valence-corrected chi connectivity index (χ1v) is 8.93. The molecule has 2 amide bonds. The molecule has 1 fully saturated rings. The number of nitrogens with zero attached hydrogens (tertiary/aromatic N) is 2. The van der Waals surface area contributed by atoms with Crippen LogP contribution in [0.25, 0.3) is 0 Å². The molecule has 1 aromatic rings. The fourth-order valence-corrected chi connectivity index (χ4v) is 2.88. The standard InChI is InChI=1S/C18H30N4O/c1-3-4-5-8-15(2)21-18(23)20-14-16-9-10-17(19-13-16)22-11-6-7-12-22/h9-10,13,15H,3-8,11-12,14H2,1-2H3,(H2,20,21,23). The molecule has 2 N–H and O–H groups in total. The Kier molecular flexibility index (Phi) is 7.17. The summed E-state index contributed by atoms with van der Waals surface area (Å²) in [7, 11) is 0. The molecule has 1 aliphatic rings. The summed E-state index contributed by atoms with van der Waals surface area (Å²) in [6, 6.07) is 4.22. The summed E-state index contributed by atoms with van der Waals surface area (Å²) in [4.78, 5) is 18.7. The highest BCUT2D eigenvalue weighted by Crippen LogP contribution is 2.17. The fourth-order valence-electron chi connectivity index (χ4n) is 2.88. The quantitative estimate of drug-likeness (QED) is 0.722. The predicted molar refractivity (Wildman–Crippen MR) is 94.7 cm³/mol. The molecule has 2 heterocycles. The van der Waals surface area contributed by atoms with Crippen LogP contribution in [-0.4, -0.2) is 30.1 Å². The van der Waals surface area contributed by atoms with E-state index in [0.29, 0.717) is 6.54 Å². The normalized spacial score (nSPS) is 15.5. The highest BCUT2D eigenvalue weighted by molar-refractivity contribution is 5.74. The van der Waals surface area contributed by atoms with Gasteiger partial charge in [0.2, 0.25) is 0 Å². The fraction of sp³-hybridized carbons (Fsp3) is 0.667. The van der Waals surface area contributed by atoms with E-state index in [9.17, 15) is 4.79 Å². The molecule has 128 valence electrons. The van der Waals surface area contributed by atoms with Crippen molar-refractivity contribution < 1.29 is 4.79 Å². The molecule has 1 unspecified atom stereocenters. The maximum Gasteiger partial charge on any atom is 0.315 e. The van der Waals surface area contributed by atoms with Gasteiger partial charge in [0.15, 0.2) is 0 Å². The van der Waals surface area contributed by atoms with E-state index in [1.54, 1.807) is 0 Å². The van der Waals surface area contributed by atoms with E-state index in [0.717, 1.165) is 30.9 Å². The Labute approximate surface area is 139 Å². The highest BCUT2D eigenvalue weighted by Gasteiger charge is 2.13. The van der Waals surface area contributed by atoms with E-state index in [-0.39, 0.29) is 12.1 Å². The van der Waals surface area contributed by atoms with Gasteiger partial charge in [-0.1, -0.05) is 32.3 Å². The zero-order valence-electron chi connectivity index (χ0n) is 14.5. The molecule has 5 heteroatoms. The smallest absolute Gasteiger partial charge is 0.315 e. The zero-order valence-corrected chi connectivity index (χ0v) is 14.5. The van der Waals surface area contributed by atoms with Gasteiger partial charge >= 0.3 is 6.03 Å². The maximum absolute atomic E-state index is 11.9. The van der Waals surface area contributed by atoms with Gasteiger partial charge in [-0.25, -0.2) is 9.78 Å². The minimum atomic E-state index is -0.0994. The molecular formula is C18H30N4O. The lowest BCUT2D eigenvalue weighted by atomic mass is 10.1. The molecule has 1 atom stereocenters. The second kappa shape index (κ2) is 9.38. The molecule has 0 aromatic carbocycles. The van der Waals surface area contributed by atoms with E-state index in [1.807, 2.05) is 18.3 Å². The summed E-state index contributed by atoms with van der Waals surface area (Å²) in [5.74, 6) is 1.04. The van der Waals surface area contributed by atoms with Gasteiger partial charge in [0.1, 0.15) is 5.82 Å². The lowest BCUT2D eigenvalue weighted by Gasteiger charge is -2.17. The van der Waals surface area contributed by atoms with Crippen LogP contribution in [0.15, 0.2) is 18.3 Å². The summed E-state index contributed by atoms with van der Waals surface area (Å²) in [6.45, 7) is 6.96. The topological polar surface area (TPSA) is 57.3 Å². The lowest BCUT2D eigenvalue weighted by Crippen LogP contribution is -2.40. The molecule has 1 aliphatic heterocycles. The molecular weight excluding hydrogens is 288 g/mol. The van der Waals surface area contributed by atoms with Crippen LogP contribution < -0.4 is 15.5 Å². The van der Waals surface area contributed by atoms with Crippen molar-refractivity contribution in [1.29, 1.82) is 0 Å². The first-order valence-electron chi connectivity index (χ1n) is 8.93. The number of pyridine rings is 1. The SMILES string of the molecule is CCCCCC(C)NC(=O)NCc1ccc(N2CCCC2)nc1. The van der Waals surface area contributed by atoms with Gasteiger partial charge < -0.3 is 15.5 Å². The van der Waals surface area contributed by atoms with Crippen LogP contribution in [0.1, 0.15) is 57.9 Å². The Morgan fingerprint density at radius 1 is 1.30 bits per heavy atom. The van der Waals surface area contributed by atoms with Crippen molar-refractivity contribution >= 4 is 11.8 Å². The first kappa shape index (κ1) is 17.6. The van der Waals surface area contributed by atoms with Crippen molar-refractivity contribution in [2.75, 3.05) is 18.0 Å². The average Bonchev–Trinajstić information content (AvgIpc) is 3.08. The predicted octanol–water partition coefficient (Wildman–Crippen LogP) is 3.45. The van der Waals surface area contributed by atoms with E-state index >= 15 is 0 Å².